The summed E-state index contributed by atoms with van der Waals surface area (Å²) in [7, 11) is 0. The topological polar surface area (TPSA) is 59.2 Å². The van der Waals surface area contributed by atoms with Crippen LogP contribution in [0.4, 0.5) is 5.69 Å². The lowest BCUT2D eigenvalue weighted by atomic mass is 10.0. The average molecular weight is 269 g/mol. The van der Waals surface area contributed by atoms with Crippen LogP contribution < -0.4 is 4.90 Å². The molecule has 5 nitrogen and oxygen atoms in total. The molecule has 5 heteroatoms. The number of anilines is 1. The van der Waals surface area contributed by atoms with Crippen LogP contribution >= 0.6 is 0 Å². The zero-order valence-corrected chi connectivity index (χ0v) is 11.1. The fourth-order valence-corrected chi connectivity index (χ4v) is 2.64. The molecule has 1 aliphatic heterocycles. The first-order chi connectivity index (χ1) is 9.81. The minimum atomic E-state index is 0.209. The molecule has 1 saturated carbocycles. The van der Waals surface area contributed by atoms with Crippen LogP contribution in [0, 0.1) is 0 Å². The highest BCUT2D eigenvalue weighted by Crippen LogP contribution is 2.38. The molecule has 0 N–H and O–H groups in total. The highest BCUT2D eigenvalue weighted by Gasteiger charge is 2.29. The Morgan fingerprint density at radius 3 is 3.00 bits per heavy atom. The number of Topliss-reactive ketones (excluding diaryl/α,β-unsaturated/α-hetero) is 1. The molecule has 1 aliphatic carbocycles. The van der Waals surface area contributed by atoms with Gasteiger partial charge >= 0.3 is 0 Å². The van der Waals surface area contributed by atoms with Gasteiger partial charge in [0.15, 0.2) is 11.6 Å². The van der Waals surface area contributed by atoms with Crippen LogP contribution in [0.1, 0.15) is 47.3 Å². The van der Waals surface area contributed by atoms with Gasteiger partial charge in [0, 0.05) is 30.1 Å². The van der Waals surface area contributed by atoms with Crippen molar-refractivity contribution >= 4 is 11.5 Å². The Balaban J connectivity index is 1.59. The van der Waals surface area contributed by atoms with Crippen molar-refractivity contribution in [1.29, 1.82) is 0 Å². The van der Waals surface area contributed by atoms with Gasteiger partial charge < -0.3 is 9.42 Å². The van der Waals surface area contributed by atoms with E-state index in [4.69, 9.17) is 4.52 Å². The Morgan fingerprint density at radius 2 is 2.15 bits per heavy atom. The molecule has 2 heterocycles. The van der Waals surface area contributed by atoms with Crippen molar-refractivity contribution in [2.75, 3.05) is 11.4 Å². The fourth-order valence-electron chi connectivity index (χ4n) is 2.64. The van der Waals surface area contributed by atoms with Gasteiger partial charge in [0.25, 0.3) is 0 Å². The molecule has 2 aromatic rings. The number of hydrogen-bond acceptors (Lipinski definition) is 5. The molecule has 0 amide bonds. The highest BCUT2D eigenvalue weighted by molar-refractivity contribution is 6.03. The Bertz CT molecular complexity index is 661. The van der Waals surface area contributed by atoms with Gasteiger partial charge in [0.2, 0.25) is 5.89 Å². The van der Waals surface area contributed by atoms with Gasteiger partial charge in [-0.05, 0) is 25.0 Å². The molecule has 1 aromatic heterocycles. The van der Waals surface area contributed by atoms with Gasteiger partial charge in [-0.15, -0.1) is 0 Å². The van der Waals surface area contributed by atoms with Crippen LogP contribution in [-0.2, 0) is 6.54 Å². The predicted octanol–water partition coefficient (Wildman–Crippen LogP) is 2.54. The first kappa shape index (κ1) is 11.6. The van der Waals surface area contributed by atoms with Gasteiger partial charge in [-0.1, -0.05) is 17.3 Å². The van der Waals surface area contributed by atoms with Gasteiger partial charge in [0.1, 0.15) is 0 Å². The van der Waals surface area contributed by atoms with Crippen LogP contribution in [0.3, 0.4) is 0 Å². The minimum Gasteiger partial charge on any atom is -0.361 e. The maximum Gasteiger partial charge on any atom is 0.246 e. The average Bonchev–Trinajstić information content (AvgIpc) is 3.23. The van der Waals surface area contributed by atoms with Crippen molar-refractivity contribution in [2.45, 2.75) is 31.7 Å². The smallest absolute Gasteiger partial charge is 0.246 e. The van der Waals surface area contributed by atoms with Gasteiger partial charge in [0.05, 0.1) is 6.54 Å². The van der Waals surface area contributed by atoms with E-state index in [0.29, 0.717) is 31.3 Å². The van der Waals surface area contributed by atoms with Crippen molar-refractivity contribution in [3.63, 3.8) is 0 Å². The Morgan fingerprint density at radius 1 is 1.30 bits per heavy atom. The molecule has 20 heavy (non-hydrogen) atoms. The van der Waals surface area contributed by atoms with E-state index in [1.807, 2.05) is 24.3 Å². The van der Waals surface area contributed by atoms with Crippen molar-refractivity contribution < 1.29 is 9.32 Å². The Kier molecular flexibility index (Phi) is 2.58. The van der Waals surface area contributed by atoms with E-state index in [9.17, 15) is 4.79 Å². The third-order valence-corrected chi connectivity index (χ3v) is 3.91. The van der Waals surface area contributed by atoms with E-state index in [-0.39, 0.29) is 5.78 Å². The SMILES string of the molecule is O=C1CCN(Cc2nc(C3CC3)no2)c2ccccc21. The van der Waals surface area contributed by atoms with Gasteiger partial charge in [-0.25, -0.2) is 0 Å². The molecule has 0 saturated heterocycles. The van der Waals surface area contributed by atoms with Crippen LogP contribution in [-0.4, -0.2) is 22.5 Å². The molecule has 102 valence electrons. The molecule has 0 atom stereocenters. The monoisotopic (exact) mass is 269 g/mol. The number of carbonyl (C=O) groups excluding carboxylic acids is 1. The number of fused-ring (bicyclic) bond motifs is 1. The van der Waals surface area contributed by atoms with Crippen molar-refractivity contribution in [3.05, 3.63) is 41.5 Å². The third-order valence-electron chi connectivity index (χ3n) is 3.91. The minimum absolute atomic E-state index is 0.209. The normalized spacial score (nSPS) is 18.2. The molecule has 0 bridgehead atoms. The summed E-state index contributed by atoms with van der Waals surface area (Å²) in [5.41, 5.74) is 1.76. The molecule has 2 aliphatic rings. The predicted molar refractivity (Wildman–Crippen MR) is 72.7 cm³/mol. The number of carbonyl (C=O) groups is 1. The molecule has 1 fully saturated rings. The third kappa shape index (κ3) is 1.99. The zero-order chi connectivity index (χ0) is 13.5. The van der Waals surface area contributed by atoms with E-state index in [1.165, 1.54) is 12.8 Å². The molecule has 0 spiro atoms. The molecule has 0 unspecified atom stereocenters. The first-order valence-electron chi connectivity index (χ1n) is 7.01. The summed E-state index contributed by atoms with van der Waals surface area (Å²) in [5.74, 6) is 2.18. The summed E-state index contributed by atoms with van der Waals surface area (Å²) in [6.45, 7) is 1.28. The number of para-hydroxylation sites is 1. The molecule has 0 radical (unpaired) electrons. The Labute approximate surface area is 116 Å². The van der Waals surface area contributed by atoms with Crippen LogP contribution in [0.25, 0.3) is 0 Å². The number of ketones is 1. The van der Waals surface area contributed by atoms with Gasteiger partial charge in [-0.2, -0.15) is 4.98 Å². The number of rotatable bonds is 3. The van der Waals surface area contributed by atoms with Crippen molar-refractivity contribution in [3.8, 4) is 0 Å². The maximum absolute atomic E-state index is 11.9. The van der Waals surface area contributed by atoms with Gasteiger partial charge in [-0.3, -0.25) is 4.79 Å². The second-order valence-electron chi connectivity index (χ2n) is 5.43. The fraction of sp³-hybridized carbons (Fsp3) is 0.400. The van der Waals surface area contributed by atoms with Crippen molar-refractivity contribution in [2.24, 2.45) is 0 Å². The quantitative estimate of drug-likeness (QED) is 0.857. The van der Waals surface area contributed by atoms with Crippen molar-refractivity contribution in [1.82, 2.24) is 10.1 Å². The molecule has 1 aromatic carbocycles. The molecular formula is C15H15N3O2. The van der Waals surface area contributed by atoms with E-state index < -0.39 is 0 Å². The lowest BCUT2D eigenvalue weighted by Crippen LogP contribution is -2.31. The standard InChI is InChI=1S/C15H15N3O2/c19-13-7-8-18(12-4-2-1-3-11(12)13)9-14-16-15(17-20-14)10-5-6-10/h1-4,10H,5-9H2. The van der Waals surface area contributed by atoms with E-state index in [1.54, 1.807) is 0 Å². The number of aromatic nitrogens is 2. The number of hydrogen-bond donors (Lipinski definition) is 0. The summed E-state index contributed by atoms with van der Waals surface area (Å²) in [4.78, 5) is 18.5. The lowest BCUT2D eigenvalue weighted by molar-refractivity contribution is 0.0979. The summed E-state index contributed by atoms with van der Waals surface area (Å²) in [5, 5.41) is 4.03. The highest BCUT2D eigenvalue weighted by atomic mass is 16.5. The summed E-state index contributed by atoms with van der Waals surface area (Å²) in [6, 6.07) is 7.71. The van der Waals surface area contributed by atoms with Crippen LogP contribution in [0.5, 0.6) is 0 Å². The summed E-state index contributed by atoms with van der Waals surface area (Å²) < 4.78 is 5.32. The number of nitrogens with zero attached hydrogens (tertiary/aromatic N) is 3. The summed E-state index contributed by atoms with van der Waals surface area (Å²) in [6.07, 6.45) is 2.88. The maximum atomic E-state index is 11.9. The molecule has 4 rings (SSSR count). The second kappa shape index (κ2) is 4.44. The number of benzene rings is 1. The van der Waals surface area contributed by atoms with Crippen LogP contribution in [0.2, 0.25) is 0 Å². The summed E-state index contributed by atoms with van der Waals surface area (Å²) >= 11 is 0. The largest absolute Gasteiger partial charge is 0.361 e. The van der Waals surface area contributed by atoms with Crippen LogP contribution in [0.15, 0.2) is 28.8 Å². The zero-order valence-electron chi connectivity index (χ0n) is 11.1. The first-order valence-corrected chi connectivity index (χ1v) is 7.01. The second-order valence-corrected chi connectivity index (χ2v) is 5.43. The van der Waals surface area contributed by atoms with E-state index >= 15 is 0 Å². The van der Waals surface area contributed by atoms with E-state index in [0.717, 1.165) is 17.1 Å². The lowest BCUT2D eigenvalue weighted by Gasteiger charge is -2.29. The Hall–Kier alpha value is -2.17. The molecular weight excluding hydrogens is 254 g/mol. The van der Waals surface area contributed by atoms with E-state index in [2.05, 4.69) is 15.0 Å².